The number of anilines is 1. The first-order chi connectivity index (χ1) is 18.7. The number of nitrogens with two attached hydrogens (primary N) is 1. The number of primary amides is 1. The molecule has 2 N–H and O–H groups in total. The molecule has 3 amide bonds. The number of nitrogens with zero attached hydrogens (tertiary/aromatic N) is 10. The molecule has 2 aliphatic rings. The second-order valence-electron chi connectivity index (χ2n) is 9.05. The van der Waals surface area contributed by atoms with Gasteiger partial charge in [0.1, 0.15) is 23.7 Å². The predicted molar refractivity (Wildman–Crippen MR) is 133 cm³/mol. The fourth-order valence-electron chi connectivity index (χ4n) is 4.54. The van der Waals surface area contributed by atoms with Crippen LogP contribution in [0.15, 0.2) is 29.5 Å². The molecular weight excluding hydrogens is 512 g/mol. The van der Waals surface area contributed by atoms with Crippen molar-refractivity contribution in [1.29, 1.82) is 5.26 Å². The average molecular weight is 536 g/mol. The lowest BCUT2D eigenvalue weighted by atomic mass is 10.0. The van der Waals surface area contributed by atoms with E-state index in [1.165, 1.54) is 15.8 Å². The first kappa shape index (κ1) is 25.6. The van der Waals surface area contributed by atoms with Crippen molar-refractivity contribution < 1.29 is 18.4 Å². The Labute approximate surface area is 221 Å². The smallest absolute Gasteiger partial charge is 0.341 e. The number of piperazine rings is 1. The molecule has 4 heterocycles. The van der Waals surface area contributed by atoms with Crippen LogP contribution in [0.3, 0.4) is 0 Å². The molecule has 0 bridgehead atoms. The maximum atomic E-state index is 14.6. The van der Waals surface area contributed by atoms with Gasteiger partial charge in [-0.3, -0.25) is 4.79 Å². The summed E-state index contributed by atoms with van der Waals surface area (Å²) in [5, 5.41) is 22.5. The molecule has 1 fully saturated rings. The van der Waals surface area contributed by atoms with Gasteiger partial charge in [0.15, 0.2) is 5.82 Å². The summed E-state index contributed by atoms with van der Waals surface area (Å²) >= 11 is 0. The summed E-state index contributed by atoms with van der Waals surface area (Å²) in [7, 11) is 0. The molecule has 1 aromatic carbocycles. The predicted octanol–water partition coefficient (Wildman–Crippen LogP) is 1.35. The Morgan fingerprint density at radius 2 is 1.92 bits per heavy atom. The SMILES string of the molecule is Cc1c(-c2nc(N3CCN(C(=O)N4N=CCC4c4cc(F)cc(C#N)c4)CC3)ncc2F)nnn1CC(N)=O. The minimum Gasteiger partial charge on any atom is -0.368 e. The quantitative estimate of drug-likeness (QED) is 0.512. The minimum atomic E-state index is -0.698. The van der Waals surface area contributed by atoms with Crippen LogP contribution >= 0.6 is 0 Å². The molecule has 1 unspecified atom stereocenters. The largest absolute Gasteiger partial charge is 0.368 e. The molecule has 5 rings (SSSR count). The number of benzene rings is 1. The van der Waals surface area contributed by atoms with Gasteiger partial charge >= 0.3 is 6.03 Å². The summed E-state index contributed by atoms with van der Waals surface area (Å²) in [4.78, 5) is 36.4. The third kappa shape index (κ3) is 5.08. The van der Waals surface area contributed by atoms with Gasteiger partial charge in [0.05, 0.1) is 29.6 Å². The summed E-state index contributed by atoms with van der Waals surface area (Å²) in [6.45, 7) is 2.79. The summed E-state index contributed by atoms with van der Waals surface area (Å²) in [6, 6.07) is 5.05. The van der Waals surface area contributed by atoms with Crippen molar-refractivity contribution in [3.8, 4) is 17.5 Å². The summed E-state index contributed by atoms with van der Waals surface area (Å²) in [5.41, 5.74) is 6.41. The van der Waals surface area contributed by atoms with E-state index in [-0.39, 0.29) is 35.5 Å². The monoisotopic (exact) mass is 535 g/mol. The first-order valence-corrected chi connectivity index (χ1v) is 12.0. The van der Waals surface area contributed by atoms with Crippen molar-refractivity contribution >= 4 is 24.1 Å². The lowest BCUT2D eigenvalue weighted by molar-refractivity contribution is -0.118. The minimum absolute atomic E-state index is 0.0622. The van der Waals surface area contributed by atoms with Gasteiger partial charge in [0.2, 0.25) is 11.9 Å². The molecule has 2 aliphatic heterocycles. The van der Waals surface area contributed by atoms with Gasteiger partial charge in [0, 0.05) is 38.8 Å². The maximum absolute atomic E-state index is 14.6. The van der Waals surface area contributed by atoms with Crippen LogP contribution in [0, 0.1) is 29.9 Å². The van der Waals surface area contributed by atoms with Crippen molar-refractivity contribution in [1.82, 2.24) is 34.9 Å². The van der Waals surface area contributed by atoms with Crippen molar-refractivity contribution in [2.24, 2.45) is 10.8 Å². The number of urea groups is 1. The lowest BCUT2D eigenvalue weighted by Crippen LogP contribution is -2.52. The summed E-state index contributed by atoms with van der Waals surface area (Å²) in [5.74, 6) is -1.61. The Morgan fingerprint density at radius 3 is 2.64 bits per heavy atom. The molecule has 13 nitrogen and oxygen atoms in total. The van der Waals surface area contributed by atoms with E-state index in [1.807, 2.05) is 11.0 Å². The van der Waals surface area contributed by atoms with Gasteiger partial charge in [-0.1, -0.05) is 5.21 Å². The van der Waals surface area contributed by atoms with E-state index in [9.17, 15) is 23.6 Å². The maximum Gasteiger partial charge on any atom is 0.341 e. The molecule has 0 spiro atoms. The Morgan fingerprint density at radius 1 is 1.15 bits per heavy atom. The van der Waals surface area contributed by atoms with Crippen LogP contribution in [0.5, 0.6) is 0 Å². The zero-order valence-electron chi connectivity index (χ0n) is 20.8. The second-order valence-corrected chi connectivity index (χ2v) is 9.05. The fraction of sp³-hybridized carbons (Fsp3) is 0.333. The van der Waals surface area contributed by atoms with Gasteiger partial charge in [-0.15, -0.1) is 5.10 Å². The molecule has 39 heavy (non-hydrogen) atoms. The highest BCUT2D eigenvalue weighted by Crippen LogP contribution is 2.31. The molecule has 0 saturated carbocycles. The Bertz CT molecular complexity index is 1510. The molecule has 2 aromatic heterocycles. The van der Waals surface area contributed by atoms with Crippen molar-refractivity contribution in [2.75, 3.05) is 31.1 Å². The number of aromatic nitrogens is 5. The zero-order chi connectivity index (χ0) is 27.7. The number of rotatable bonds is 5. The van der Waals surface area contributed by atoms with Crippen LogP contribution in [0.4, 0.5) is 19.5 Å². The third-order valence-corrected chi connectivity index (χ3v) is 6.54. The number of halogens is 2. The third-order valence-electron chi connectivity index (χ3n) is 6.54. The molecular formula is C24H23F2N11O2. The van der Waals surface area contributed by atoms with Crippen molar-refractivity contribution in [3.63, 3.8) is 0 Å². The van der Waals surface area contributed by atoms with E-state index in [2.05, 4.69) is 25.4 Å². The average Bonchev–Trinajstić information content (AvgIpc) is 3.55. The first-order valence-electron chi connectivity index (χ1n) is 12.0. The van der Waals surface area contributed by atoms with E-state index >= 15 is 0 Å². The van der Waals surface area contributed by atoms with E-state index in [1.54, 1.807) is 24.1 Å². The zero-order valence-corrected chi connectivity index (χ0v) is 20.8. The van der Waals surface area contributed by atoms with Crippen LogP contribution in [0.2, 0.25) is 0 Å². The molecule has 1 atom stereocenters. The van der Waals surface area contributed by atoms with Crippen LogP contribution in [-0.2, 0) is 11.3 Å². The van der Waals surface area contributed by atoms with Crippen molar-refractivity contribution in [3.05, 3.63) is 52.9 Å². The molecule has 200 valence electrons. The van der Waals surface area contributed by atoms with Crippen LogP contribution in [0.25, 0.3) is 11.4 Å². The number of carbonyl (C=O) groups excluding carboxylic acids is 2. The van der Waals surface area contributed by atoms with Gasteiger partial charge in [-0.05, 0) is 30.7 Å². The number of hydrazone groups is 1. The molecule has 1 saturated heterocycles. The number of nitriles is 1. The van der Waals surface area contributed by atoms with E-state index in [0.717, 1.165) is 12.3 Å². The highest BCUT2D eigenvalue weighted by atomic mass is 19.1. The number of amides is 3. The standard InChI is InChI=1S/C24H23F2N11O2/c1-14-21(32-33-36(14)13-20(28)38)22-18(26)12-29-23(31-22)34-4-6-35(7-5-34)24(39)37-19(2-3-30-37)16-8-15(11-27)9-17(25)10-16/h3,8-10,12,19H,2,4-7,13H2,1H3,(H2,28,38). The second kappa shape index (κ2) is 10.4. The highest BCUT2D eigenvalue weighted by molar-refractivity contribution is 5.79. The van der Waals surface area contributed by atoms with Crippen molar-refractivity contribution in [2.45, 2.75) is 25.9 Å². The van der Waals surface area contributed by atoms with Gasteiger partial charge in [-0.2, -0.15) is 10.4 Å². The fourth-order valence-corrected chi connectivity index (χ4v) is 4.54. The topological polar surface area (TPSA) is 163 Å². The van der Waals surface area contributed by atoms with Crippen LogP contribution in [0.1, 0.15) is 29.3 Å². The van der Waals surface area contributed by atoms with E-state index in [4.69, 9.17) is 5.73 Å². The number of hydrogen-bond donors (Lipinski definition) is 1. The molecule has 3 aromatic rings. The molecule has 15 heteroatoms. The van der Waals surface area contributed by atoms with Gasteiger partial charge in [0.25, 0.3) is 0 Å². The van der Waals surface area contributed by atoms with Crippen LogP contribution < -0.4 is 10.6 Å². The van der Waals surface area contributed by atoms with E-state index in [0.29, 0.717) is 43.9 Å². The van der Waals surface area contributed by atoms with E-state index < -0.39 is 23.6 Å². The van der Waals surface area contributed by atoms with Crippen LogP contribution in [-0.4, -0.2) is 79.2 Å². The number of hydrogen-bond acceptors (Lipinski definition) is 9. The summed E-state index contributed by atoms with van der Waals surface area (Å²) in [6.07, 6.45) is 3.03. The van der Waals surface area contributed by atoms with Gasteiger partial charge < -0.3 is 15.5 Å². The Hall–Kier alpha value is -5.00. The summed E-state index contributed by atoms with van der Waals surface area (Å²) < 4.78 is 29.9. The molecule has 0 aliphatic carbocycles. The normalized spacial score (nSPS) is 17.0. The highest BCUT2D eigenvalue weighted by Gasteiger charge is 2.34. The number of carbonyl (C=O) groups is 2. The Balaban J connectivity index is 1.28. The lowest BCUT2D eigenvalue weighted by Gasteiger charge is -2.37. The molecule has 0 radical (unpaired) electrons. The van der Waals surface area contributed by atoms with Gasteiger partial charge in [-0.25, -0.2) is 33.2 Å². The Kier molecular flexibility index (Phi) is 6.84.